The predicted octanol–water partition coefficient (Wildman–Crippen LogP) is 2.68. The van der Waals surface area contributed by atoms with Gasteiger partial charge in [0.05, 0.1) is 5.92 Å². The summed E-state index contributed by atoms with van der Waals surface area (Å²) in [7, 11) is 0. The SMILES string of the molecule is Cl.O=C(O)C1CCN(C(=O)CCc2nc(-c3ccc(Cl)cc3)no2)C1. The molecule has 134 valence electrons. The third-order valence-corrected chi connectivity index (χ3v) is 4.27. The lowest BCUT2D eigenvalue weighted by molar-refractivity contribution is -0.141. The number of hydrogen-bond acceptors (Lipinski definition) is 5. The Bertz CT molecular complexity index is 748. The van der Waals surface area contributed by atoms with Crippen LogP contribution in [-0.4, -0.2) is 45.1 Å². The first-order chi connectivity index (χ1) is 11.5. The van der Waals surface area contributed by atoms with Gasteiger partial charge in [0.25, 0.3) is 0 Å². The van der Waals surface area contributed by atoms with Crippen molar-refractivity contribution >= 4 is 35.9 Å². The number of carbonyl (C=O) groups is 2. The summed E-state index contributed by atoms with van der Waals surface area (Å²) >= 11 is 5.84. The standard InChI is InChI=1S/C16H16ClN3O4.ClH/c17-12-3-1-10(2-4-12)15-18-13(24-19-15)5-6-14(21)20-8-7-11(9-20)16(22)23;/h1-4,11H,5-9H2,(H,22,23);1H. The van der Waals surface area contributed by atoms with Gasteiger partial charge in [-0.2, -0.15) is 4.98 Å². The lowest BCUT2D eigenvalue weighted by Crippen LogP contribution is -2.30. The molecule has 2 aromatic rings. The number of amides is 1. The van der Waals surface area contributed by atoms with Crippen molar-refractivity contribution in [3.63, 3.8) is 0 Å². The second-order valence-corrected chi connectivity index (χ2v) is 6.12. The Kier molecular flexibility index (Phi) is 6.39. The van der Waals surface area contributed by atoms with Crippen molar-refractivity contribution in [1.29, 1.82) is 0 Å². The van der Waals surface area contributed by atoms with Gasteiger partial charge in [-0.05, 0) is 30.7 Å². The van der Waals surface area contributed by atoms with Crippen LogP contribution in [0.1, 0.15) is 18.7 Å². The maximum Gasteiger partial charge on any atom is 0.308 e. The van der Waals surface area contributed by atoms with Gasteiger partial charge in [-0.1, -0.05) is 16.8 Å². The molecule has 1 saturated heterocycles. The number of nitrogens with zero attached hydrogens (tertiary/aromatic N) is 3. The molecule has 1 aromatic carbocycles. The predicted molar refractivity (Wildman–Crippen MR) is 92.6 cm³/mol. The van der Waals surface area contributed by atoms with Crippen LogP contribution in [0.5, 0.6) is 0 Å². The summed E-state index contributed by atoms with van der Waals surface area (Å²) in [6, 6.07) is 7.06. The van der Waals surface area contributed by atoms with Crippen LogP contribution in [-0.2, 0) is 16.0 Å². The highest BCUT2D eigenvalue weighted by Gasteiger charge is 2.30. The van der Waals surface area contributed by atoms with E-state index in [-0.39, 0.29) is 31.3 Å². The summed E-state index contributed by atoms with van der Waals surface area (Å²) < 4.78 is 5.16. The summed E-state index contributed by atoms with van der Waals surface area (Å²) in [5.74, 6) is -0.586. The van der Waals surface area contributed by atoms with Crippen molar-refractivity contribution in [3.8, 4) is 11.4 Å². The quantitative estimate of drug-likeness (QED) is 0.849. The second kappa shape index (κ2) is 8.31. The monoisotopic (exact) mass is 385 g/mol. The highest BCUT2D eigenvalue weighted by atomic mass is 35.5. The summed E-state index contributed by atoms with van der Waals surface area (Å²) in [5.41, 5.74) is 0.782. The van der Waals surface area contributed by atoms with Gasteiger partial charge < -0.3 is 14.5 Å². The van der Waals surface area contributed by atoms with E-state index in [2.05, 4.69) is 10.1 Å². The third kappa shape index (κ3) is 4.70. The lowest BCUT2D eigenvalue weighted by Gasteiger charge is -2.14. The summed E-state index contributed by atoms with van der Waals surface area (Å²) in [6.45, 7) is 0.754. The molecule has 1 aliphatic heterocycles. The average molecular weight is 386 g/mol. The smallest absolute Gasteiger partial charge is 0.308 e. The van der Waals surface area contributed by atoms with Gasteiger partial charge in [0.1, 0.15) is 0 Å². The fourth-order valence-electron chi connectivity index (χ4n) is 2.63. The van der Waals surface area contributed by atoms with Crippen LogP contribution in [0.15, 0.2) is 28.8 Å². The first-order valence-corrected chi connectivity index (χ1v) is 8.00. The van der Waals surface area contributed by atoms with Gasteiger partial charge in [0.15, 0.2) is 0 Å². The van der Waals surface area contributed by atoms with Crippen LogP contribution < -0.4 is 0 Å². The molecule has 1 atom stereocenters. The van der Waals surface area contributed by atoms with Crippen LogP contribution in [0.2, 0.25) is 5.02 Å². The maximum absolute atomic E-state index is 12.1. The second-order valence-electron chi connectivity index (χ2n) is 5.68. The van der Waals surface area contributed by atoms with Crippen molar-refractivity contribution in [2.45, 2.75) is 19.3 Å². The van der Waals surface area contributed by atoms with Crippen LogP contribution in [0.25, 0.3) is 11.4 Å². The topological polar surface area (TPSA) is 96.5 Å². The molecule has 1 aromatic heterocycles. The zero-order valence-corrected chi connectivity index (χ0v) is 14.8. The number of aromatic nitrogens is 2. The molecule has 1 unspecified atom stereocenters. The normalized spacial score (nSPS) is 16.5. The number of carbonyl (C=O) groups excluding carboxylic acids is 1. The molecule has 1 aliphatic rings. The third-order valence-electron chi connectivity index (χ3n) is 4.01. The van der Waals surface area contributed by atoms with Gasteiger partial charge >= 0.3 is 5.97 Å². The van der Waals surface area contributed by atoms with E-state index < -0.39 is 11.9 Å². The summed E-state index contributed by atoms with van der Waals surface area (Å²) in [4.78, 5) is 28.9. The van der Waals surface area contributed by atoms with Crippen molar-refractivity contribution in [3.05, 3.63) is 35.2 Å². The number of benzene rings is 1. The molecule has 2 heterocycles. The fraction of sp³-hybridized carbons (Fsp3) is 0.375. The Morgan fingerprint density at radius 3 is 2.68 bits per heavy atom. The Hall–Kier alpha value is -2.12. The van der Waals surface area contributed by atoms with Crippen molar-refractivity contribution in [2.24, 2.45) is 5.92 Å². The highest BCUT2D eigenvalue weighted by molar-refractivity contribution is 6.30. The van der Waals surface area contributed by atoms with E-state index in [9.17, 15) is 9.59 Å². The summed E-state index contributed by atoms with van der Waals surface area (Å²) in [6.07, 6.45) is 1.05. The molecule has 1 amide bonds. The van der Waals surface area contributed by atoms with Crippen molar-refractivity contribution in [1.82, 2.24) is 15.0 Å². The van der Waals surface area contributed by atoms with Gasteiger partial charge in [-0.15, -0.1) is 12.4 Å². The molecule has 0 aliphatic carbocycles. The van der Waals surface area contributed by atoms with Gasteiger partial charge in [0.2, 0.25) is 17.6 Å². The molecule has 1 fully saturated rings. The minimum Gasteiger partial charge on any atom is -0.481 e. The van der Waals surface area contributed by atoms with E-state index in [1.165, 1.54) is 0 Å². The molecule has 7 nitrogen and oxygen atoms in total. The first-order valence-electron chi connectivity index (χ1n) is 7.62. The maximum atomic E-state index is 12.1. The Morgan fingerprint density at radius 2 is 2.04 bits per heavy atom. The number of halogens is 2. The van der Waals surface area contributed by atoms with Gasteiger partial charge in [0, 0.05) is 36.5 Å². The number of aliphatic carboxylic acids is 1. The number of aryl methyl sites for hydroxylation is 1. The van der Waals surface area contributed by atoms with E-state index in [1.54, 1.807) is 29.2 Å². The van der Waals surface area contributed by atoms with Crippen molar-refractivity contribution < 1.29 is 19.2 Å². The summed E-state index contributed by atoms with van der Waals surface area (Å²) in [5, 5.41) is 13.5. The zero-order chi connectivity index (χ0) is 17.1. The molecule has 1 N–H and O–H groups in total. The van der Waals surface area contributed by atoms with E-state index >= 15 is 0 Å². The van der Waals surface area contributed by atoms with Gasteiger partial charge in [-0.25, -0.2) is 0 Å². The number of likely N-dealkylation sites (tertiary alicyclic amines) is 1. The number of hydrogen-bond donors (Lipinski definition) is 1. The molecule has 9 heteroatoms. The molecule has 0 spiro atoms. The van der Waals surface area contributed by atoms with Crippen LogP contribution in [0.4, 0.5) is 0 Å². The molecule has 0 radical (unpaired) electrons. The number of carboxylic acids is 1. The first kappa shape index (κ1) is 19.2. The number of rotatable bonds is 5. The molecular formula is C16H17Cl2N3O4. The van der Waals surface area contributed by atoms with E-state index in [4.69, 9.17) is 21.2 Å². The fourth-order valence-corrected chi connectivity index (χ4v) is 2.76. The Labute approximate surface area is 155 Å². The Morgan fingerprint density at radius 1 is 1.32 bits per heavy atom. The minimum absolute atomic E-state index is 0. The molecular weight excluding hydrogens is 369 g/mol. The van der Waals surface area contributed by atoms with Crippen LogP contribution in [0, 0.1) is 5.92 Å². The molecule has 3 rings (SSSR count). The largest absolute Gasteiger partial charge is 0.481 e. The average Bonchev–Trinajstić information content (AvgIpc) is 3.23. The molecule has 25 heavy (non-hydrogen) atoms. The molecule has 0 saturated carbocycles. The van der Waals surface area contributed by atoms with E-state index in [0.29, 0.717) is 36.1 Å². The zero-order valence-electron chi connectivity index (χ0n) is 13.2. The Balaban J connectivity index is 0.00000225. The lowest BCUT2D eigenvalue weighted by atomic mass is 10.1. The van der Waals surface area contributed by atoms with E-state index in [0.717, 1.165) is 5.56 Å². The van der Waals surface area contributed by atoms with Crippen LogP contribution in [0.3, 0.4) is 0 Å². The minimum atomic E-state index is -0.852. The van der Waals surface area contributed by atoms with Crippen molar-refractivity contribution in [2.75, 3.05) is 13.1 Å². The van der Waals surface area contributed by atoms with Gasteiger partial charge in [-0.3, -0.25) is 9.59 Å². The van der Waals surface area contributed by atoms with Crippen LogP contribution >= 0.6 is 24.0 Å². The van der Waals surface area contributed by atoms with E-state index in [1.807, 2.05) is 0 Å². The highest BCUT2D eigenvalue weighted by Crippen LogP contribution is 2.20. The number of carboxylic acid groups (broad SMARTS) is 1. The molecule has 0 bridgehead atoms.